The zero-order valence-corrected chi connectivity index (χ0v) is 11.0. The Kier molecular flexibility index (Phi) is 5.22. The highest BCUT2D eigenvalue weighted by Crippen LogP contribution is 2.40. The van der Waals surface area contributed by atoms with Gasteiger partial charge in [-0.1, -0.05) is 0 Å². The van der Waals surface area contributed by atoms with Crippen LogP contribution < -0.4 is 10.5 Å². The molecule has 22 heavy (non-hydrogen) atoms. The van der Waals surface area contributed by atoms with Crippen molar-refractivity contribution in [2.24, 2.45) is 5.73 Å². The minimum Gasteiger partial charge on any atom is -0.469 e. The van der Waals surface area contributed by atoms with E-state index in [4.69, 9.17) is 5.73 Å². The van der Waals surface area contributed by atoms with Gasteiger partial charge in [0.2, 0.25) is 5.88 Å². The number of aromatic nitrogens is 1. The molecule has 0 atom stereocenters. The van der Waals surface area contributed by atoms with Crippen molar-refractivity contribution < 1.29 is 40.6 Å². The van der Waals surface area contributed by atoms with Gasteiger partial charge in [0.1, 0.15) is 5.56 Å². The van der Waals surface area contributed by atoms with Gasteiger partial charge in [-0.2, -0.15) is 13.2 Å². The summed E-state index contributed by atoms with van der Waals surface area (Å²) in [6.45, 7) is -0.766. The van der Waals surface area contributed by atoms with E-state index in [1.54, 1.807) is 0 Å². The second-order valence-electron chi connectivity index (χ2n) is 3.94. The summed E-state index contributed by atoms with van der Waals surface area (Å²) in [5.74, 6) is -2.57. The fourth-order valence-corrected chi connectivity index (χ4v) is 1.66. The number of esters is 1. The number of nitrogens with zero attached hydrogens (tertiary/aromatic N) is 1. The number of ether oxygens (including phenoxy) is 2. The molecule has 0 unspecified atom stereocenters. The summed E-state index contributed by atoms with van der Waals surface area (Å²) in [4.78, 5) is 14.1. The fraction of sp³-hybridized carbons (Fsp3) is 0.455. The molecular weight excluding hydrogens is 322 g/mol. The maximum absolute atomic E-state index is 13.0. The summed E-state index contributed by atoms with van der Waals surface area (Å²) in [7, 11) is 1.00. The summed E-state index contributed by atoms with van der Waals surface area (Å²) in [6, 6.07) is 0. The molecule has 1 aromatic rings. The largest absolute Gasteiger partial charge is 0.574 e. The van der Waals surface area contributed by atoms with E-state index in [-0.39, 0.29) is 5.56 Å². The Balaban J connectivity index is 3.47. The smallest absolute Gasteiger partial charge is 0.469 e. The van der Waals surface area contributed by atoms with E-state index in [0.717, 1.165) is 7.11 Å². The van der Waals surface area contributed by atoms with Crippen LogP contribution in [0.4, 0.5) is 26.3 Å². The van der Waals surface area contributed by atoms with E-state index < -0.39 is 48.5 Å². The quantitative estimate of drug-likeness (QED) is 0.676. The van der Waals surface area contributed by atoms with Crippen LogP contribution in [0.1, 0.15) is 16.7 Å². The highest BCUT2D eigenvalue weighted by atomic mass is 19.4. The van der Waals surface area contributed by atoms with Crippen molar-refractivity contribution in [3.05, 3.63) is 22.9 Å². The molecule has 0 aliphatic rings. The zero-order chi connectivity index (χ0) is 17.1. The lowest BCUT2D eigenvalue weighted by molar-refractivity contribution is -0.278. The topological polar surface area (TPSA) is 74.4 Å². The van der Waals surface area contributed by atoms with Crippen molar-refractivity contribution in [1.82, 2.24) is 4.98 Å². The molecule has 0 aromatic carbocycles. The Bertz CT molecular complexity index is 556. The molecule has 0 amide bonds. The van der Waals surface area contributed by atoms with Crippen LogP contribution in [0, 0.1) is 0 Å². The van der Waals surface area contributed by atoms with E-state index in [9.17, 15) is 31.1 Å². The number of hydrogen-bond donors (Lipinski definition) is 1. The summed E-state index contributed by atoms with van der Waals surface area (Å²) in [5.41, 5.74) is 2.40. The fourth-order valence-electron chi connectivity index (χ4n) is 1.66. The van der Waals surface area contributed by atoms with Crippen molar-refractivity contribution in [1.29, 1.82) is 0 Å². The Morgan fingerprint density at radius 1 is 1.27 bits per heavy atom. The lowest BCUT2D eigenvalue weighted by Gasteiger charge is -2.19. The second-order valence-corrected chi connectivity index (χ2v) is 3.94. The molecule has 1 heterocycles. The monoisotopic (exact) mass is 332 g/mol. The van der Waals surface area contributed by atoms with Gasteiger partial charge in [0.25, 0.3) is 0 Å². The van der Waals surface area contributed by atoms with E-state index in [2.05, 4.69) is 14.5 Å². The lowest BCUT2D eigenvalue weighted by Crippen LogP contribution is -2.24. The van der Waals surface area contributed by atoms with Gasteiger partial charge in [-0.05, 0) is 11.1 Å². The third kappa shape index (κ3) is 4.48. The highest BCUT2D eigenvalue weighted by Gasteiger charge is 2.43. The average Bonchev–Trinajstić information content (AvgIpc) is 2.36. The number of alkyl halides is 6. The molecule has 0 bridgehead atoms. The third-order valence-electron chi connectivity index (χ3n) is 2.50. The molecular formula is C11H10F6N2O3. The molecule has 0 radical (unpaired) electrons. The first kappa shape index (κ1) is 18.0. The van der Waals surface area contributed by atoms with Gasteiger partial charge in [-0.3, -0.25) is 4.79 Å². The van der Waals surface area contributed by atoms with Crippen LogP contribution in [-0.4, -0.2) is 24.4 Å². The number of carbonyl (C=O) groups excluding carboxylic acids is 1. The van der Waals surface area contributed by atoms with Gasteiger partial charge >= 0.3 is 18.5 Å². The molecule has 1 rings (SSSR count). The summed E-state index contributed by atoms with van der Waals surface area (Å²) < 4.78 is 83.1. The van der Waals surface area contributed by atoms with Crippen LogP contribution in [-0.2, 0) is 28.7 Å². The molecule has 124 valence electrons. The third-order valence-corrected chi connectivity index (χ3v) is 2.50. The van der Waals surface area contributed by atoms with Gasteiger partial charge in [-0.15, -0.1) is 13.2 Å². The molecule has 1 aromatic heterocycles. The first-order valence-corrected chi connectivity index (χ1v) is 5.60. The molecule has 0 saturated heterocycles. The van der Waals surface area contributed by atoms with E-state index >= 15 is 0 Å². The first-order valence-electron chi connectivity index (χ1n) is 5.60. The van der Waals surface area contributed by atoms with Gasteiger partial charge < -0.3 is 15.2 Å². The number of methoxy groups -OCH3 is 1. The number of rotatable bonds is 4. The number of carbonyl (C=O) groups is 1. The minimum atomic E-state index is -5.36. The van der Waals surface area contributed by atoms with Crippen LogP contribution in [0.5, 0.6) is 5.88 Å². The number of hydrogen-bond acceptors (Lipinski definition) is 5. The van der Waals surface area contributed by atoms with Crippen molar-refractivity contribution in [2.75, 3.05) is 7.11 Å². The van der Waals surface area contributed by atoms with Crippen molar-refractivity contribution in [2.45, 2.75) is 25.5 Å². The molecule has 5 nitrogen and oxygen atoms in total. The van der Waals surface area contributed by atoms with Gasteiger partial charge in [0.15, 0.2) is 0 Å². The van der Waals surface area contributed by atoms with Crippen LogP contribution >= 0.6 is 0 Å². The minimum absolute atomic E-state index is 0.295. The Morgan fingerprint density at radius 2 is 1.86 bits per heavy atom. The van der Waals surface area contributed by atoms with Gasteiger partial charge in [0.05, 0.1) is 13.5 Å². The van der Waals surface area contributed by atoms with E-state index in [1.165, 1.54) is 0 Å². The average molecular weight is 332 g/mol. The van der Waals surface area contributed by atoms with Crippen molar-refractivity contribution in [3.8, 4) is 5.88 Å². The second kappa shape index (κ2) is 6.38. The predicted molar refractivity (Wildman–Crippen MR) is 59.5 cm³/mol. The number of nitrogens with two attached hydrogens (primary N) is 1. The van der Waals surface area contributed by atoms with E-state index in [1.807, 2.05) is 0 Å². The summed E-state index contributed by atoms with van der Waals surface area (Å²) in [6.07, 6.45) is -10.5. The maximum Gasteiger partial charge on any atom is 0.574 e. The highest BCUT2D eigenvalue weighted by molar-refractivity contribution is 5.73. The first-order chi connectivity index (χ1) is 9.99. The van der Waals surface area contributed by atoms with Crippen LogP contribution in [0.3, 0.4) is 0 Å². The van der Waals surface area contributed by atoms with Crippen LogP contribution in [0.25, 0.3) is 0 Å². The Morgan fingerprint density at radius 3 is 2.27 bits per heavy atom. The molecule has 2 N–H and O–H groups in total. The molecule has 0 fully saturated rings. The Hall–Kier alpha value is -2.04. The SMILES string of the molecule is COC(=O)Cc1cnc(OC(F)(F)F)c(C(F)(F)F)c1CN. The summed E-state index contributed by atoms with van der Waals surface area (Å²) in [5, 5.41) is 0. The van der Waals surface area contributed by atoms with Crippen LogP contribution in [0.2, 0.25) is 0 Å². The molecule has 0 spiro atoms. The zero-order valence-electron chi connectivity index (χ0n) is 11.0. The molecule has 0 aliphatic carbocycles. The molecule has 11 heteroatoms. The maximum atomic E-state index is 13.0. The predicted octanol–water partition coefficient (Wildman–Crippen LogP) is 2.17. The van der Waals surface area contributed by atoms with Gasteiger partial charge in [0, 0.05) is 12.7 Å². The molecule has 0 saturated carbocycles. The van der Waals surface area contributed by atoms with Crippen LogP contribution in [0.15, 0.2) is 6.20 Å². The van der Waals surface area contributed by atoms with Gasteiger partial charge in [-0.25, -0.2) is 4.98 Å². The van der Waals surface area contributed by atoms with E-state index in [0.29, 0.717) is 6.20 Å². The Labute approximate surface area is 120 Å². The number of halogens is 6. The standard InChI is InChI=1S/C11H10F6N2O3/c1-21-7(20)2-5-4-19-9(22-11(15,16)17)8(6(5)3-18)10(12,13)14/h4H,2-3,18H2,1H3. The lowest BCUT2D eigenvalue weighted by atomic mass is 10.0. The summed E-state index contributed by atoms with van der Waals surface area (Å²) >= 11 is 0. The molecule has 0 aliphatic heterocycles. The number of pyridine rings is 1. The van der Waals surface area contributed by atoms with Crippen molar-refractivity contribution in [3.63, 3.8) is 0 Å². The normalized spacial score (nSPS) is 12.2. The van der Waals surface area contributed by atoms with Crippen molar-refractivity contribution >= 4 is 5.97 Å².